The fourth-order valence-corrected chi connectivity index (χ4v) is 2.69. The van der Waals surface area contributed by atoms with Gasteiger partial charge in [-0.15, -0.1) is 0 Å². The molecule has 0 saturated carbocycles. The third-order valence-electron chi connectivity index (χ3n) is 4.03. The van der Waals surface area contributed by atoms with Crippen LogP contribution in [0.4, 0.5) is 5.69 Å². The molecule has 0 amide bonds. The maximum atomic E-state index is 5.72. The molecule has 0 aliphatic carbocycles. The Labute approximate surface area is 142 Å². The molecule has 0 atom stereocenters. The van der Waals surface area contributed by atoms with Gasteiger partial charge in [0.05, 0.1) is 26.4 Å². The van der Waals surface area contributed by atoms with Crippen molar-refractivity contribution in [1.29, 1.82) is 0 Å². The van der Waals surface area contributed by atoms with Crippen LogP contribution in [0.3, 0.4) is 0 Å². The number of nitrogens with one attached hydrogen (secondary N) is 2. The minimum absolute atomic E-state index is 0.683. The summed E-state index contributed by atoms with van der Waals surface area (Å²) < 4.78 is 16.7. The maximum absolute atomic E-state index is 5.72. The van der Waals surface area contributed by atoms with Crippen LogP contribution in [0.5, 0.6) is 11.5 Å². The molecule has 2 aliphatic rings. The zero-order valence-electron chi connectivity index (χ0n) is 14.1. The molecule has 0 saturated heterocycles. The van der Waals surface area contributed by atoms with E-state index in [-0.39, 0.29) is 0 Å². The van der Waals surface area contributed by atoms with Crippen LogP contribution in [0.2, 0.25) is 0 Å². The Morgan fingerprint density at radius 1 is 1.17 bits per heavy atom. The molecule has 24 heavy (non-hydrogen) atoms. The number of guanidine groups is 1. The molecule has 2 aliphatic heterocycles. The standard InChI is InChI=1S/C18H25N3O3/c1-19-18(20-8-5-14-6-11-22-12-7-14)21-15-3-4-16-17(13-15)24-10-2-9-23-16/h3-4,6,13H,2,5,7-12H2,1H3,(H2,19,20,21). The van der Waals surface area contributed by atoms with Crippen LogP contribution in [0.1, 0.15) is 19.3 Å². The highest BCUT2D eigenvalue weighted by Gasteiger charge is 2.11. The van der Waals surface area contributed by atoms with E-state index < -0.39 is 0 Å². The molecule has 1 aromatic rings. The molecule has 6 nitrogen and oxygen atoms in total. The van der Waals surface area contributed by atoms with Crippen molar-refractivity contribution in [3.8, 4) is 11.5 Å². The molecule has 0 aromatic heterocycles. The van der Waals surface area contributed by atoms with E-state index in [2.05, 4.69) is 21.7 Å². The SMILES string of the molecule is CN=C(NCCC1=CCOCC1)Nc1ccc2c(c1)OCCCO2. The van der Waals surface area contributed by atoms with Gasteiger partial charge in [-0.25, -0.2) is 0 Å². The second-order valence-electron chi connectivity index (χ2n) is 5.77. The third kappa shape index (κ3) is 4.64. The van der Waals surface area contributed by atoms with Gasteiger partial charge in [0.2, 0.25) is 0 Å². The molecule has 0 fully saturated rings. The Balaban J connectivity index is 1.53. The molecule has 3 rings (SSSR count). The molecule has 130 valence electrons. The highest BCUT2D eigenvalue weighted by atomic mass is 16.5. The smallest absolute Gasteiger partial charge is 0.195 e. The normalized spacial score (nSPS) is 17.7. The number of aliphatic imine (C=N–C) groups is 1. The first kappa shape index (κ1) is 16.6. The van der Waals surface area contributed by atoms with Gasteiger partial charge >= 0.3 is 0 Å². The number of benzene rings is 1. The summed E-state index contributed by atoms with van der Waals surface area (Å²) in [6.45, 7) is 3.79. The molecule has 0 radical (unpaired) electrons. The topological polar surface area (TPSA) is 64.1 Å². The van der Waals surface area contributed by atoms with Gasteiger partial charge in [0, 0.05) is 31.8 Å². The van der Waals surface area contributed by atoms with Crippen molar-refractivity contribution in [2.24, 2.45) is 4.99 Å². The van der Waals surface area contributed by atoms with Crippen LogP contribution >= 0.6 is 0 Å². The van der Waals surface area contributed by atoms with Crippen molar-refractivity contribution in [3.63, 3.8) is 0 Å². The summed E-state index contributed by atoms with van der Waals surface area (Å²) in [5.74, 6) is 2.32. The molecular weight excluding hydrogens is 306 g/mol. The van der Waals surface area contributed by atoms with Gasteiger partial charge in [0.1, 0.15) is 0 Å². The summed E-state index contributed by atoms with van der Waals surface area (Å²) in [4.78, 5) is 4.27. The van der Waals surface area contributed by atoms with E-state index in [1.165, 1.54) is 5.57 Å². The number of fused-ring (bicyclic) bond motifs is 1. The van der Waals surface area contributed by atoms with Gasteiger partial charge in [-0.05, 0) is 25.0 Å². The van der Waals surface area contributed by atoms with Crippen LogP contribution in [0, 0.1) is 0 Å². The zero-order chi connectivity index (χ0) is 16.6. The van der Waals surface area contributed by atoms with Crippen molar-refractivity contribution in [2.75, 3.05) is 45.3 Å². The molecule has 2 heterocycles. The van der Waals surface area contributed by atoms with E-state index in [0.29, 0.717) is 13.2 Å². The van der Waals surface area contributed by atoms with Gasteiger partial charge < -0.3 is 24.8 Å². The predicted molar refractivity (Wildman–Crippen MR) is 95.2 cm³/mol. The maximum Gasteiger partial charge on any atom is 0.195 e. The first-order chi connectivity index (χ1) is 11.8. The first-order valence-electron chi connectivity index (χ1n) is 8.48. The van der Waals surface area contributed by atoms with Crippen LogP contribution in [0.15, 0.2) is 34.8 Å². The molecular formula is C18H25N3O3. The van der Waals surface area contributed by atoms with Crippen LogP contribution in [-0.2, 0) is 4.74 Å². The highest BCUT2D eigenvalue weighted by Crippen LogP contribution is 2.32. The average molecular weight is 331 g/mol. The Kier molecular flexibility index (Phi) is 5.96. The van der Waals surface area contributed by atoms with Gasteiger partial charge in [-0.1, -0.05) is 11.6 Å². The van der Waals surface area contributed by atoms with Gasteiger partial charge in [-0.2, -0.15) is 0 Å². The summed E-state index contributed by atoms with van der Waals surface area (Å²) in [5, 5.41) is 6.64. The van der Waals surface area contributed by atoms with E-state index in [1.807, 2.05) is 18.2 Å². The fraction of sp³-hybridized carbons (Fsp3) is 0.500. The minimum Gasteiger partial charge on any atom is -0.490 e. The van der Waals surface area contributed by atoms with Crippen LogP contribution < -0.4 is 20.1 Å². The predicted octanol–water partition coefficient (Wildman–Crippen LogP) is 2.57. The Morgan fingerprint density at radius 2 is 2.04 bits per heavy atom. The van der Waals surface area contributed by atoms with Gasteiger partial charge in [0.15, 0.2) is 17.5 Å². The summed E-state index contributed by atoms with van der Waals surface area (Å²) in [5.41, 5.74) is 2.37. The second-order valence-corrected chi connectivity index (χ2v) is 5.77. The van der Waals surface area contributed by atoms with Crippen molar-refractivity contribution in [1.82, 2.24) is 5.32 Å². The number of hydrogen-bond donors (Lipinski definition) is 2. The lowest BCUT2D eigenvalue weighted by atomic mass is 10.1. The number of anilines is 1. The molecule has 1 aromatic carbocycles. The number of ether oxygens (including phenoxy) is 3. The van der Waals surface area contributed by atoms with E-state index in [4.69, 9.17) is 14.2 Å². The number of rotatable bonds is 4. The van der Waals surface area contributed by atoms with Gasteiger partial charge in [0.25, 0.3) is 0 Å². The average Bonchev–Trinajstić information content (AvgIpc) is 2.86. The first-order valence-corrected chi connectivity index (χ1v) is 8.48. The van der Waals surface area contributed by atoms with Crippen molar-refractivity contribution < 1.29 is 14.2 Å². The second kappa shape index (κ2) is 8.59. The highest BCUT2D eigenvalue weighted by molar-refractivity contribution is 5.93. The van der Waals surface area contributed by atoms with Crippen molar-refractivity contribution >= 4 is 11.6 Å². The van der Waals surface area contributed by atoms with E-state index in [0.717, 1.165) is 62.2 Å². The molecule has 0 bridgehead atoms. The monoisotopic (exact) mass is 331 g/mol. The van der Waals surface area contributed by atoms with Crippen molar-refractivity contribution in [2.45, 2.75) is 19.3 Å². The summed E-state index contributed by atoms with van der Waals surface area (Å²) in [6, 6.07) is 5.86. The van der Waals surface area contributed by atoms with E-state index >= 15 is 0 Å². The summed E-state index contributed by atoms with van der Waals surface area (Å²) in [6.07, 6.45) is 5.10. The molecule has 0 spiro atoms. The van der Waals surface area contributed by atoms with E-state index in [9.17, 15) is 0 Å². The summed E-state index contributed by atoms with van der Waals surface area (Å²) >= 11 is 0. The quantitative estimate of drug-likeness (QED) is 0.504. The zero-order valence-corrected chi connectivity index (χ0v) is 14.1. The lowest BCUT2D eigenvalue weighted by molar-refractivity contribution is 0.153. The Hall–Kier alpha value is -2.21. The molecule has 2 N–H and O–H groups in total. The molecule has 0 unspecified atom stereocenters. The van der Waals surface area contributed by atoms with Gasteiger partial charge in [-0.3, -0.25) is 4.99 Å². The minimum atomic E-state index is 0.683. The largest absolute Gasteiger partial charge is 0.490 e. The van der Waals surface area contributed by atoms with Crippen molar-refractivity contribution in [3.05, 3.63) is 29.8 Å². The Morgan fingerprint density at radius 3 is 2.83 bits per heavy atom. The summed E-state index contributed by atoms with van der Waals surface area (Å²) in [7, 11) is 1.77. The van der Waals surface area contributed by atoms with E-state index in [1.54, 1.807) is 7.05 Å². The van der Waals surface area contributed by atoms with Crippen LogP contribution in [-0.4, -0.2) is 46.0 Å². The third-order valence-corrected chi connectivity index (χ3v) is 4.03. The lowest BCUT2D eigenvalue weighted by Crippen LogP contribution is -2.31. The molecule has 6 heteroatoms. The Bertz CT molecular complexity index is 614. The fourth-order valence-electron chi connectivity index (χ4n) is 2.69. The number of hydrogen-bond acceptors (Lipinski definition) is 4. The van der Waals surface area contributed by atoms with Crippen LogP contribution in [0.25, 0.3) is 0 Å². The number of nitrogens with zero attached hydrogens (tertiary/aromatic N) is 1. The lowest BCUT2D eigenvalue weighted by Gasteiger charge is -2.16.